The number of fused-ring (bicyclic) bond motifs is 1. The summed E-state index contributed by atoms with van der Waals surface area (Å²) < 4.78 is 0. The van der Waals surface area contributed by atoms with Gasteiger partial charge in [0.2, 0.25) is 0 Å². The van der Waals surface area contributed by atoms with E-state index in [0.717, 1.165) is 0 Å². The maximum atomic E-state index is 2.70. The minimum absolute atomic E-state index is 0.585. The van der Waals surface area contributed by atoms with Crippen LogP contribution in [0.5, 0.6) is 0 Å². The summed E-state index contributed by atoms with van der Waals surface area (Å²) in [6.07, 6.45) is 7.85. The van der Waals surface area contributed by atoms with Gasteiger partial charge < -0.3 is 0 Å². The highest BCUT2D eigenvalue weighted by Crippen LogP contribution is 2.43. The Hall–Kier alpha value is -0.300. The maximum absolute atomic E-state index is 2.70. The van der Waals surface area contributed by atoms with Crippen LogP contribution in [0.4, 0.5) is 0 Å². The lowest BCUT2D eigenvalue weighted by Crippen LogP contribution is -2.37. The van der Waals surface area contributed by atoms with Crippen LogP contribution >= 0.6 is 0 Å². The summed E-state index contributed by atoms with van der Waals surface area (Å²) in [5, 5.41) is 0. The molecule has 2 aliphatic heterocycles. The van der Waals surface area contributed by atoms with E-state index in [1.807, 2.05) is 0 Å². The first-order valence-electron chi connectivity index (χ1n) is 5.20. The zero-order valence-corrected chi connectivity index (χ0v) is 8.27. The van der Waals surface area contributed by atoms with Gasteiger partial charge in [-0.1, -0.05) is 18.6 Å². The first-order valence-corrected chi connectivity index (χ1v) is 5.20. The lowest BCUT2D eigenvalue weighted by Gasteiger charge is -2.29. The molecule has 12 heavy (non-hydrogen) atoms. The normalized spacial score (nSPS) is 39.3. The van der Waals surface area contributed by atoms with Crippen LogP contribution in [0, 0.1) is 0 Å². The van der Waals surface area contributed by atoms with Crippen molar-refractivity contribution in [2.75, 3.05) is 13.1 Å². The van der Waals surface area contributed by atoms with Gasteiger partial charge in [-0.3, -0.25) is 4.90 Å². The smallest absolute Gasteiger partial charge is 0.0248 e. The molecule has 0 aromatic carbocycles. The molecule has 0 aromatic rings. The van der Waals surface area contributed by atoms with Crippen molar-refractivity contribution in [1.82, 2.24) is 4.90 Å². The predicted molar refractivity (Wildman–Crippen MR) is 52.2 cm³/mol. The highest BCUT2D eigenvalue weighted by molar-refractivity contribution is 5.19. The predicted octanol–water partition coefficient (Wildman–Crippen LogP) is 2.58. The lowest BCUT2D eigenvalue weighted by atomic mass is 9.90. The summed E-state index contributed by atoms with van der Waals surface area (Å²) in [4.78, 5) is 2.70. The van der Waals surface area contributed by atoms with E-state index in [9.17, 15) is 0 Å². The number of rotatable bonds is 1. The molecule has 0 radical (unpaired) electrons. The minimum Gasteiger partial charge on any atom is -0.293 e. The molecule has 68 valence electrons. The Morgan fingerprint density at radius 1 is 1.58 bits per heavy atom. The Morgan fingerprint density at radius 2 is 2.42 bits per heavy atom. The van der Waals surface area contributed by atoms with Gasteiger partial charge in [0.1, 0.15) is 0 Å². The van der Waals surface area contributed by atoms with Crippen LogP contribution in [-0.4, -0.2) is 23.5 Å². The molecule has 0 aliphatic carbocycles. The average Bonchev–Trinajstić information content (AvgIpc) is 2.58. The van der Waals surface area contributed by atoms with E-state index in [-0.39, 0.29) is 0 Å². The second-order valence-electron chi connectivity index (χ2n) is 4.23. The molecular weight excluding hydrogens is 146 g/mol. The van der Waals surface area contributed by atoms with Crippen LogP contribution in [0.3, 0.4) is 0 Å². The van der Waals surface area contributed by atoms with Crippen molar-refractivity contribution in [2.24, 2.45) is 0 Å². The van der Waals surface area contributed by atoms with Crippen molar-refractivity contribution in [1.29, 1.82) is 0 Å². The Bertz CT molecular complexity index is 207. The summed E-state index contributed by atoms with van der Waals surface area (Å²) >= 11 is 0. The van der Waals surface area contributed by atoms with Crippen molar-refractivity contribution in [3.05, 3.63) is 11.6 Å². The summed E-state index contributed by atoms with van der Waals surface area (Å²) in [5.74, 6) is 0. The molecule has 1 heteroatoms. The Labute approximate surface area is 75.4 Å². The summed E-state index contributed by atoms with van der Waals surface area (Å²) in [6.45, 7) is 7.12. The average molecular weight is 165 g/mol. The van der Waals surface area contributed by atoms with Crippen LogP contribution in [0.15, 0.2) is 11.6 Å². The van der Waals surface area contributed by atoms with Crippen molar-refractivity contribution in [2.45, 2.75) is 45.1 Å². The number of allylic oxidation sites excluding steroid dienone is 1. The third-order valence-electron chi connectivity index (χ3n) is 3.76. The molecule has 1 nitrogen and oxygen atoms in total. The van der Waals surface area contributed by atoms with Gasteiger partial charge in [-0.2, -0.15) is 0 Å². The fourth-order valence-corrected chi connectivity index (χ4v) is 2.88. The van der Waals surface area contributed by atoms with E-state index in [4.69, 9.17) is 0 Å². The highest BCUT2D eigenvalue weighted by Gasteiger charge is 2.44. The highest BCUT2D eigenvalue weighted by atomic mass is 15.2. The van der Waals surface area contributed by atoms with E-state index in [2.05, 4.69) is 24.8 Å². The lowest BCUT2D eigenvalue weighted by molar-refractivity contribution is 0.189. The molecule has 2 fully saturated rings. The van der Waals surface area contributed by atoms with Crippen LogP contribution in [-0.2, 0) is 0 Å². The minimum atomic E-state index is 0.585. The standard InChI is InChI=1S/C11H19N/c1-3-10-8-11(4-2)6-5-7-12(11)9-10/h3H,4-9H2,1-2H3/b10-3+/t11-/m1/s1. The van der Waals surface area contributed by atoms with Crippen molar-refractivity contribution >= 4 is 0 Å². The van der Waals surface area contributed by atoms with E-state index >= 15 is 0 Å². The molecule has 0 spiro atoms. The maximum Gasteiger partial charge on any atom is 0.0248 e. The topological polar surface area (TPSA) is 3.24 Å². The SMILES string of the molecule is C/C=C1/CN2CCC[C@]2(CC)C1. The molecule has 0 saturated carbocycles. The second-order valence-corrected chi connectivity index (χ2v) is 4.23. The quantitative estimate of drug-likeness (QED) is 0.540. The van der Waals surface area contributed by atoms with Gasteiger partial charge in [-0.25, -0.2) is 0 Å². The molecule has 2 rings (SSSR count). The number of hydrogen-bond acceptors (Lipinski definition) is 1. The third-order valence-corrected chi connectivity index (χ3v) is 3.76. The Morgan fingerprint density at radius 3 is 3.00 bits per heavy atom. The Kier molecular flexibility index (Phi) is 1.99. The zero-order valence-electron chi connectivity index (χ0n) is 8.27. The van der Waals surface area contributed by atoms with E-state index < -0.39 is 0 Å². The van der Waals surface area contributed by atoms with Gasteiger partial charge in [-0.05, 0) is 39.2 Å². The summed E-state index contributed by atoms with van der Waals surface area (Å²) in [5.41, 5.74) is 2.25. The van der Waals surface area contributed by atoms with Gasteiger partial charge in [-0.15, -0.1) is 0 Å². The van der Waals surface area contributed by atoms with Gasteiger partial charge in [0.25, 0.3) is 0 Å². The first kappa shape index (κ1) is 8.31. The fraction of sp³-hybridized carbons (Fsp3) is 0.818. The monoisotopic (exact) mass is 165 g/mol. The van der Waals surface area contributed by atoms with Gasteiger partial charge in [0, 0.05) is 12.1 Å². The largest absolute Gasteiger partial charge is 0.293 e. The van der Waals surface area contributed by atoms with E-state index in [0.29, 0.717) is 5.54 Å². The van der Waals surface area contributed by atoms with Crippen LogP contribution in [0.25, 0.3) is 0 Å². The van der Waals surface area contributed by atoms with Crippen LogP contribution < -0.4 is 0 Å². The molecule has 0 N–H and O–H groups in total. The molecule has 2 saturated heterocycles. The molecule has 0 bridgehead atoms. The van der Waals surface area contributed by atoms with Gasteiger partial charge in [0.15, 0.2) is 0 Å². The molecule has 2 aliphatic rings. The summed E-state index contributed by atoms with van der Waals surface area (Å²) in [7, 11) is 0. The molecule has 0 unspecified atom stereocenters. The van der Waals surface area contributed by atoms with Gasteiger partial charge >= 0.3 is 0 Å². The first-order chi connectivity index (χ1) is 5.80. The summed E-state index contributed by atoms with van der Waals surface area (Å²) in [6, 6.07) is 0. The van der Waals surface area contributed by atoms with Crippen LogP contribution in [0.2, 0.25) is 0 Å². The zero-order chi connectivity index (χ0) is 8.60. The van der Waals surface area contributed by atoms with E-state index in [1.54, 1.807) is 5.57 Å². The molecular formula is C11H19N. The number of hydrogen-bond donors (Lipinski definition) is 0. The molecule has 0 amide bonds. The molecule has 1 atom stereocenters. The van der Waals surface area contributed by atoms with Crippen molar-refractivity contribution in [3.63, 3.8) is 0 Å². The Balaban J connectivity index is 2.20. The fourth-order valence-electron chi connectivity index (χ4n) is 2.88. The van der Waals surface area contributed by atoms with Crippen molar-refractivity contribution < 1.29 is 0 Å². The third kappa shape index (κ3) is 1.03. The van der Waals surface area contributed by atoms with E-state index in [1.165, 1.54) is 38.8 Å². The molecule has 2 heterocycles. The van der Waals surface area contributed by atoms with Crippen LogP contribution in [0.1, 0.15) is 39.5 Å². The van der Waals surface area contributed by atoms with Crippen molar-refractivity contribution in [3.8, 4) is 0 Å². The number of nitrogens with zero attached hydrogens (tertiary/aromatic N) is 1. The van der Waals surface area contributed by atoms with Gasteiger partial charge in [0.05, 0.1) is 0 Å². The second kappa shape index (κ2) is 2.88. The molecule has 0 aromatic heterocycles.